The first-order chi connectivity index (χ1) is 12.2. The van der Waals surface area contributed by atoms with Crippen LogP contribution in [0.3, 0.4) is 0 Å². The second kappa shape index (κ2) is 7.83. The van der Waals surface area contributed by atoms with Crippen molar-refractivity contribution in [2.75, 3.05) is 19.5 Å². The van der Waals surface area contributed by atoms with Crippen LogP contribution in [0.25, 0.3) is 0 Å². The minimum Gasteiger partial charge on any atom is -0.496 e. The zero-order chi connectivity index (χ0) is 19.4. The quantitative estimate of drug-likeness (QED) is 0.269. The standard InChI is InChI=1S/C17H15ClN2O6/c1-9-3-4-10(5-14(9)20(23)24)15(21)8-26-17(22)11-6-12(18)13(19)7-16(11)25-2/h3-7H,8,19H2,1-2H3. The molecular weight excluding hydrogens is 364 g/mol. The van der Waals surface area contributed by atoms with Gasteiger partial charge >= 0.3 is 5.97 Å². The van der Waals surface area contributed by atoms with Gasteiger partial charge in [-0.2, -0.15) is 0 Å². The van der Waals surface area contributed by atoms with Gasteiger partial charge in [0.2, 0.25) is 5.78 Å². The van der Waals surface area contributed by atoms with Gasteiger partial charge < -0.3 is 15.2 Å². The summed E-state index contributed by atoms with van der Waals surface area (Å²) in [6.45, 7) is 0.966. The average Bonchev–Trinajstić information content (AvgIpc) is 2.61. The van der Waals surface area contributed by atoms with Gasteiger partial charge in [-0.25, -0.2) is 4.79 Å². The highest BCUT2D eigenvalue weighted by molar-refractivity contribution is 6.33. The number of Topliss-reactive ketones (excluding diaryl/α,β-unsaturated/α-hetero) is 1. The molecule has 136 valence electrons. The van der Waals surface area contributed by atoms with Crippen molar-refractivity contribution in [1.29, 1.82) is 0 Å². The van der Waals surface area contributed by atoms with Crippen LogP contribution in [0.15, 0.2) is 30.3 Å². The number of nitro benzene ring substituents is 1. The average molecular weight is 379 g/mol. The number of benzene rings is 2. The lowest BCUT2D eigenvalue weighted by Crippen LogP contribution is -2.15. The fraction of sp³-hybridized carbons (Fsp3) is 0.176. The van der Waals surface area contributed by atoms with Crippen molar-refractivity contribution in [1.82, 2.24) is 0 Å². The third kappa shape index (κ3) is 4.09. The van der Waals surface area contributed by atoms with E-state index in [1.165, 1.54) is 31.4 Å². The third-order valence-electron chi connectivity index (χ3n) is 3.60. The summed E-state index contributed by atoms with van der Waals surface area (Å²) in [6, 6.07) is 6.67. The zero-order valence-electron chi connectivity index (χ0n) is 13.9. The number of anilines is 1. The highest BCUT2D eigenvalue weighted by Crippen LogP contribution is 2.29. The molecule has 0 fully saturated rings. The highest BCUT2D eigenvalue weighted by Gasteiger charge is 2.20. The van der Waals surface area contributed by atoms with Gasteiger partial charge in [0.15, 0.2) is 6.61 Å². The zero-order valence-corrected chi connectivity index (χ0v) is 14.7. The summed E-state index contributed by atoms with van der Waals surface area (Å²) in [7, 11) is 1.34. The Bertz CT molecular complexity index is 897. The maximum absolute atomic E-state index is 12.2. The molecule has 0 aliphatic heterocycles. The van der Waals surface area contributed by atoms with Gasteiger partial charge in [-0.1, -0.05) is 23.7 Å². The predicted octanol–water partition coefficient (Wildman–Crippen LogP) is 3.19. The number of nitrogens with two attached hydrogens (primary N) is 1. The number of rotatable bonds is 6. The van der Waals surface area contributed by atoms with Gasteiger partial charge in [0.25, 0.3) is 5.69 Å². The normalized spacial score (nSPS) is 10.3. The van der Waals surface area contributed by atoms with Crippen LogP contribution in [-0.4, -0.2) is 30.4 Å². The molecule has 2 aromatic carbocycles. The SMILES string of the molecule is COc1cc(N)c(Cl)cc1C(=O)OCC(=O)c1ccc(C)c([N+](=O)[O-])c1. The summed E-state index contributed by atoms with van der Waals surface area (Å²) < 4.78 is 10.0. The molecule has 0 amide bonds. The molecule has 0 bridgehead atoms. The number of aryl methyl sites for hydroxylation is 1. The van der Waals surface area contributed by atoms with Gasteiger partial charge in [0.1, 0.15) is 11.3 Å². The molecule has 0 radical (unpaired) electrons. The van der Waals surface area contributed by atoms with Crippen molar-refractivity contribution in [2.24, 2.45) is 0 Å². The molecule has 0 spiro atoms. The Morgan fingerprint density at radius 3 is 2.58 bits per heavy atom. The minimum absolute atomic E-state index is 0.00869. The second-order valence-electron chi connectivity index (χ2n) is 5.33. The molecule has 0 saturated heterocycles. The maximum Gasteiger partial charge on any atom is 0.342 e. The molecule has 0 aromatic heterocycles. The van der Waals surface area contributed by atoms with E-state index in [2.05, 4.69) is 0 Å². The molecule has 2 N–H and O–H groups in total. The van der Waals surface area contributed by atoms with E-state index >= 15 is 0 Å². The number of hydrogen-bond acceptors (Lipinski definition) is 7. The molecule has 26 heavy (non-hydrogen) atoms. The number of nitro groups is 1. The molecule has 0 atom stereocenters. The number of ether oxygens (including phenoxy) is 2. The lowest BCUT2D eigenvalue weighted by Gasteiger charge is -2.10. The molecule has 0 aliphatic carbocycles. The van der Waals surface area contributed by atoms with Gasteiger partial charge in [-0.3, -0.25) is 14.9 Å². The lowest BCUT2D eigenvalue weighted by molar-refractivity contribution is -0.385. The summed E-state index contributed by atoms with van der Waals surface area (Å²) in [5.74, 6) is -1.27. The van der Waals surface area contributed by atoms with Crippen LogP contribution in [0.5, 0.6) is 5.75 Å². The first-order valence-electron chi connectivity index (χ1n) is 7.33. The summed E-state index contributed by atoms with van der Waals surface area (Å²) in [5.41, 5.74) is 6.18. The number of ketones is 1. The smallest absolute Gasteiger partial charge is 0.342 e. The van der Waals surface area contributed by atoms with Gasteiger partial charge in [-0.15, -0.1) is 0 Å². The van der Waals surface area contributed by atoms with Crippen molar-refractivity contribution in [2.45, 2.75) is 6.92 Å². The Labute approximate surface area is 153 Å². The number of halogens is 1. The summed E-state index contributed by atoms with van der Waals surface area (Å²) in [6.07, 6.45) is 0. The Morgan fingerprint density at radius 2 is 1.96 bits per heavy atom. The topological polar surface area (TPSA) is 122 Å². The molecule has 2 aromatic rings. The van der Waals surface area contributed by atoms with Gasteiger partial charge in [0.05, 0.1) is 22.7 Å². The van der Waals surface area contributed by atoms with Gasteiger partial charge in [-0.05, 0) is 13.0 Å². The van der Waals surface area contributed by atoms with E-state index in [1.54, 1.807) is 6.92 Å². The van der Waals surface area contributed by atoms with Crippen LogP contribution in [0.4, 0.5) is 11.4 Å². The van der Waals surface area contributed by atoms with Gasteiger partial charge in [0, 0.05) is 23.3 Å². The summed E-state index contributed by atoms with van der Waals surface area (Å²) in [4.78, 5) is 34.7. The summed E-state index contributed by atoms with van der Waals surface area (Å²) in [5, 5.41) is 11.1. The number of nitrogens with zero attached hydrogens (tertiary/aromatic N) is 1. The number of esters is 1. The van der Waals surface area contributed by atoms with Crippen molar-refractivity contribution in [3.05, 3.63) is 62.2 Å². The van der Waals surface area contributed by atoms with E-state index in [1.807, 2.05) is 0 Å². The van der Waals surface area contributed by atoms with E-state index in [-0.39, 0.29) is 33.3 Å². The first kappa shape index (κ1) is 19.2. The monoisotopic (exact) mass is 378 g/mol. The molecular formula is C17H15ClN2O6. The number of carbonyl (C=O) groups excluding carboxylic acids is 2. The van der Waals surface area contributed by atoms with E-state index in [4.69, 9.17) is 26.8 Å². The van der Waals surface area contributed by atoms with E-state index < -0.39 is 23.3 Å². The summed E-state index contributed by atoms with van der Waals surface area (Å²) >= 11 is 5.89. The van der Waals surface area contributed by atoms with Crippen molar-refractivity contribution < 1.29 is 24.0 Å². The van der Waals surface area contributed by atoms with E-state index in [9.17, 15) is 19.7 Å². The Morgan fingerprint density at radius 1 is 1.27 bits per heavy atom. The number of nitrogen functional groups attached to an aromatic ring is 1. The lowest BCUT2D eigenvalue weighted by atomic mass is 10.1. The van der Waals surface area contributed by atoms with E-state index in [0.717, 1.165) is 6.07 Å². The largest absolute Gasteiger partial charge is 0.496 e. The maximum atomic E-state index is 12.2. The van der Waals surface area contributed by atoms with Crippen LogP contribution < -0.4 is 10.5 Å². The fourth-order valence-corrected chi connectivity index (χ4v) is 2.33. The number of hydrogen-bond donors (Lipinski definition) is 1. The molecule has 0 saturated carbocycles. The van der Waals surface area contributed by atoms with Crippen LogP contribution in [0, 0.1) is 17.0 Å². The second-order valence-corrected chi connectivity index (χ2v) is 5.74. The Balaban J connectivity index is 2.15. The first-order valence-corrected chi connectivity index (χ1v) is 7.70. The van der Waals surface area contributed by atoms with Crippen molar-refractivity contribution in [3.63, 3.8) is 0 Å². The fourth-order valence-electron chi connectivity index (χ4n) is 2.17. The molecule has 2 rings (SSSR count). The predicted molar refractivity (Wildman–Crippen MR) is 94.9 cm³/mol. The molecule has 8 nitrogen and oxygen atoms in total. The Hall–Kier alpha value is -3.13. The highest BCUT2D eigenvalue weighted by atomic mass is 35.5. The van der Waals surface area contributed by atoms with Crippen LogP contribution >= 0.6 is 11.6 Å². The van der Waals surface area contributed by atoms with Crippen LogP contribution in [0.1, 0.15) is 26.3 Å². The van der Waals surface area contributed by atoms with Crippen molar-refractivity contribution in [3.8, 4) is 5.75 Å². The van der Waals surface area contributed by atoms with Crippen molar-refractivity contribution >= 4 is 34.7 Å². The Kier molecular flexibility index (Phi) is 5.78. The van der Waals surface area contributed by atoms with E-state index in [0.29, 0.717) is 5.56 Å². The molecule has 9 heteroatoms. The number of methoxy groups -OCH3 is 1. The number of carbonyl (C=O) groups is 2. The molecule has 0 unspecified atom stereocenters. The molecule has 0 heterocycles. The van der Waals surface area contributed by atoms with Crippen LogP contribution in [-0.2, 0) is 4.74 Å². The minimum atomic E-state index is -0.835. The molecule has 0 aliphatic rings. The van der Waals surface area contributed by atoms with Crippen LogP contribution in [0.2, 0.25) is 5.02 Å². The third-order valence-corrected chi connectivity index (χ3v) is 3.93.